The van der Waals surface area contributed by atoms with E-state index in [1.54, 1.807) is 36.8 Å². The number of hydrogen-bond donors (Lipinski definition) is 0. The molecule has 2 heterocycles. The van der Waals surface area contributed by atoms with Crippen molar-refractivity contribution in [2.45, 2.75) is 33.4 Å². The third kappa shape index (κ3) is 4.61. The van der Waals surface area contributed by atoms with Gasteiger partial charge in [0.1, 0.15) is 5.75 Å². The standard InChI is InChI=1S/C22H23F3N2O/c1-14(2)10-15(3)13-28-21-5-4-16(11-19(21)22(23,24)25)17-6-9-27-20-7-8-26-12-18(17)20/h4-9,11-12,14-15H,10,13H2,1-3H3. The highest BCUT2D eigenvalue weighted by molar-refractivity contribution is 5.93. The maximum atomic E-state index is 13.7. The van der Waals surface area contributed by atoms with Crippen LogP contribution < -0.4 is 4.74 Å². The molecule has 6 heteroatoms. The van der Waals surface area contributed by atoms with Crippen molar-refractivity contribution in [2.75, 3.05) is 6.61 Å². The number of fused-ring (bicyclic) bond motifs is 1. The molecule has 28 heavy (non-hydrogen) atoms. The fourth-order valence-electron chi connectivity index (χ4n) is 3.39. The first-order valence-corrected chi connectivity index (χ1v) is 9.29. The first-order chi connectivity index (χ1) is 13.3. The Labute approximate surface area is 162 Å². The molecule has 1 aromatic carbocycles. The minimum absolute atomic E-state index is 0.136. The largest absolute Gasteiger partial charge is 0.493 e. The Morgan fingerprint density at radius 1 is 1.04 bits per heavy atom. The average molecular weight is 388 g/mol. The summed E-state index contributed by atoms with van der Waals surface area (Å²) >= 11 is 0. The summed E-state index contributed by atoms with van der Waals surface area (Å²) in [6, 6.07) is 7.63. The Bertz CT molecular complexity index is 949. The number of ether oxygens (including phenoxy) is 1. The number of hydrogen-bond acceptors (Lipinski definition) is 3. The highest BCUT2D eigenvalue weighted by Crippen LogP contribution is 2.40. The summed E-state index contributed by atoms with van der Waals surface area (Å²) in [4.78, 5) is 8.31. The molecule has 0 saturated carbocycles. The molecule has 0 fully saturated rings. The Balaban J connectivity index is 1.97. The summed E-state index contributed by atoms with van der Waals surface area (Å²) in [6.45, 7) is 6.40. The van der Waals surface area contributed by atoms with Crippen LogP contribution in [0.2, 0.25) is 0 Å². The van der Waals surface area contributed by atoms with Crippen molar-refractivity contribution in [3.05, 3.63) is 54.5 Å². The second kappa shape index (κ2) is 8.17. The first kappa shape index (κ1) is 20.1. The SMILES string of the molecule is CC(C)CC(C)COc1ccc(-c2ccnc3ccncc23)cc1C(F)(F)F. The topological polar surface area (TPSA) is 35.0 Å². The van der Waals surface area contributed by atoms with Crippen molar-refractivity contribution in [3.63, 3.8) is 0 Å². The van der Waals surface area contributed by atoms with Gasteiger partial charge in [0.05, 0.1) is 17.7 Å². The van der Waals surface area contributed by atoms with Gasteiger partial charge in [-0.15, -0.1) is 0 Å². The summed E-state index contributed by atoms with van der Waals surface area (Å²) in [5.74, 6) is 0.510. The van der Waals surface area contributed by atoms with E-state index in [0.29, 0.717) is 27.9 Å². The number of aromatic nitrogens is 2. The highest BCUT2D eigenvalue weighted by atomic mass is 19.4. The third-order valence-electron chi connectivity index (χ3n) is 4.54. The molecule has 0 radical (unpaired) electrons. The van der Waals surface area contributed by atoms with Crippen LogP contribution in [0, 0.1) is 11.8 Å². The Morgan fingerprint density at radius 2 is 1.82 bits per heavy atom. The molecule has 0 saturated heterocycles. The van der Waals surface area contributed by atoms with Crippen LogP contribution >= 0.6 is 0 Å². The van der Waals surface area contributed by atoms with Crippen molar-refractivity contribution >= 4 is 10.9 Å². The lowest BCUT2D eigenvalue weighted by Gasteiger charge is -2.19. The third-order valence-corrected chi connectivity index (χ3v) is 4.54. The quantitative estimate of drug-likeness (QED) is 0.492. The molecule has 3 aromatic rings. The normalized spacial score (nSPS) is 13.1. The lowest BCUT2D eigenvalue weighted by atomic mass is 9.99. The highest BCUT2D eigenvalue weighted by Gasteiger charge is 2.35. The van der Waals surface area contributed by atoms with Crippen LogP contribution in [-0.4, -0.2) is 16.6 Å². The fraction of sp³-hybridized carbons (Fsp3) is 0.364. The number of alkyl halides is 3. The van der Waals surface area contributed by atoms with Gasteiger partial charge < -0.3 is 4.74 Å². The lowest BCUT2D eigenvalue weighted by Crippen LogP contribution is -2.14. The number of rotatable bonds is 6. The molecule has 2 aromatic heterocycles. The van der Waals surface area contributed by atoms with Crippen LogP contribution in [0.5, 0.6) is 5.75 Å². The smallest absolute Gasteiger partial charge is 0.419 e. The first-order valence-electron chi connectivity index (χ1n) is 9.29. The molecule has 0 aliphatic carbocycles. The maximum absolute atomic E-state index is 13.7. The monoisotopic (exact) mass is 388 g/mol. The zero-order valence-electron chi connectivity index (χ0n) is 16.1. The molecule has 0 aliphatic rings. The van der Waals surface area contributed by atoms with E-state index in [4.69, 9.17) is 4.74 Å². The summed E-state index contributed by atoms with van der Waals surface area (Å²) in [6.07, 6.45) is 1.20. The number of pyridine rings is 2. The second-order valence-electron chi connectivity index (χ2n) is 7.51. The van der Waals surface area contributed by atoms with Gasteiger partial charge in [0.2, 0.25) is 0 Å². The van der Waals surface area contributed by atoms with Gasteiger partial charge in [-0.25, -0.2) is 0 Å². The van der Waals surface area contributed by atoms with Crippen LogP contribution in [0.3, 0.4) is 0 Å². The van der Waals surface area contributed by atoms with Gasteiger partial charge in [-0.3, -0.25) is 9.97 Å². The predicted octanol–water partition coefficient (Wildman–Crippen LogP) is 6.38. The Hall–Kier alpha value is -2.63. The molecule has 0 spiro atoms. The molecular weight excluding hydrogens is 365 g/mol. The maximum Gasteiger partial charge on any atom is 0.419 e. The summed E-state index contributed by atoms with van der Waals surface area (Å²) in [5.41, 5.74) is 1.03. The predicted molar refractivity (Wildman–Crippen MR) is 104 cm³/mol. The van der Waals surface area contributed by atoms with E-state index in [-0.39, 0.29) is 18.3 Å². The van der Waals surface area contributed by atoms with Gasteiger partial charge >= 0.3 is 6.18 Å². The zero-order valence-corrected chi connectivity index (χ0v) is 16.1. The van der Waals surface area contributed by atoms with Crippen LogP contribution in [0.4, 0.5) is 13.2 Å². The summed E-state index contributed by atoms with van der Waals surface area (Å²) in [7, 11) is 0. The minimum atomic E-state index is -4.51. The zero-order chi connectivity index (χ0) is 20.3. The van der Waals surface area contributed by atoms with Crippen LogP contribution in [0.25, 0.3) is 22.0 Å². The molecule has 3 nitrogen and oxygen atoms in total. The van der Waals surface area contributed by atoms with Gasteiger partial charge in [-0.2, -0.15) is 13.2 Å². The van der Waals surface area contributed by atoms with Crippen molar-refractivity contribution in [1.29, 1.82) is 0 Å². The van der Waals surface area contributed by atoms with E-state index in [1.165, 1.54) is 6.07 Å². The summed E-state index contributed by atoms with van der Waals surface area (Å²) in [5, 5.41) is 0.706. The molecule has 0 aliphatic heterocycles. The van der Waals surface area contributed by atoms with E-state index in [0.717, 1.165) is 12.5 Å². The number of nitrogens with zero attached hydrogens (tertiary/aromatic N) is 2. The van der Waals surface area contributed by atoms with Gasteiger partial charge in [0.25, 0.3) is 0 Å². The van der Waals surface area contributed by atoms with Gasteiger partial charge in [-0.05, 0) is 53.6 Å². The van der Waals surface area contributed by atoms with Crippen molar-refractivity contribution in [1.82, 2.24) is 9.97 Å². The van der Waals surface area contributed by atoms with Gasteiger partial charge in [-0.1, -0.05) is 26.8 Å². The van der Waals surface area contributed by atoms with E-state index >= 15 is 0 Å². The van der Waals surface area contributed by atoms with E-state index in [9.17, 15) is 13.2 Å². The Morgan fingerprint density at radius 3 is 2.54 bits per heavy atom. The van der Waals surface area contributed by atoms with Crippen molar-refractivity contribution in [2.24, 2.45) is 11.8 Å². The second-order valence-corrected chi connectivity index (χ2v) is 7.51. The molecule has 148 valence electrons. The average Bonchev–Trinajstić information content (AvgIpc) is 2.64. The van der Waals surface area contributed by atoms with Gasteiger partial charge in [0, 0.05) is 24.0 Å². The molecule has 0 bridgehead atoms. The molecular formula is C22H23F3N2O. The van der Waals surface area contributed by atoms with E-state index < -0.39 is 11.7 Å². The number of halogens is 3. The molecule has 3 rings (SSSR count). The van der Waals surface area contributed by atoms with Gasteiger partial charge in [0.15, 0.2) is 0 Å². The van der Waals surface area contributed by atoms with Crippen LogP contribution in [-0.2, 0) is 6.18 Å². The van der Waals surface area contributed by atoms with E-state index in [2.05, 4.69) is 23.8 Å². The van der Waals surface area contributed by atoms with Crippen molar-refractivity contribution in [3.8, 4) is 16.9 Å². The fourth-order valence-corrected chi connectivity index (χ4v) is 3.39. The van der Waals surface area contributed by atoms with E-state index in [1.807, 2.05) is 6.92 Å². The van der Waals surface area contributed by atoms with Crippen molar-refractivity contribution < 1.29 is 17.9 Å². The molecule has 1 atom stereocenters. The minimum Gasteiger partial charge on any atom is -0.493 e. The molecule has 0 amide bonds. The van der Waals surface area contributed by atoms with Crippen LogP contribution in [0.1, 0.15) is 32.8 Å². The Kier molecular flexibility index (Phi) is 5.87. The van der Waals surface area contributed by atoms with Crippen LogP contribution in [0.15, 0.2) is 48.9 Å². The lowest BCUT2D eigenvalue weighted by molar-refractivity contribution is -0.139. The molecule has 1 unspecified atom stereocenters. The summed E-state index contributed by atoms with van der Waals surface area (Å²) < 4.78 is 46.6. The molecule has 0 N–H and O–H groups in total. The number of benzene rings is 1.